The Hall–Kier alpha value is -3.58. The number of nitrogens with one attached hydrogen (secondary N) is 1. The number of amides is 2. The third-order valence-corrected chi connectivity index (χ3v) is 6.35. The molecule has 1 saturated heterocycles. The van der Waals surface area contributed by atoms with Crippen LogP contribution >= 0.6 is 0 Å². The topological polar surface area (TPSA) is 71.1 Å². The van der Waals surface area contributed by atoms with E-state index in [-0.39, 0.29) is 24.5 Å². The van der Waals surface area contributed by atoms with Gasteiger partial charge >= 0.3 is 0 Å². The van der Waals surface area contributed by atoms with E-state index >= 15 is 0 Å². The lowest BCUT2D eigenvalue weighted by molar-refractivity contribution is -0.143. The van der Waals surface area contributed by atoms with E-state index in [1.165, 1.54) is 0 Å². The van der Waals surface area contributed by atoms with Crippen LogP contribution in [-0.2, 0) is 9.59 Å². The fourth-order valence-corrected chi connectivity index (χ4v) is 4.35. The molecule has 5 rings (SSSR count). The first kappa shape index (κ1) is 21.3. The molecule has 3 aromatic rings. The van der Waals surface area contributed by atoms with Crippen molar-refractivity contribution in [2.45, 2.75) is 19.1 Å². The zero-order valence-electron chi connectivity index (χ0n) is 18.6. The first-order chi connectivity index (χ1) is 16.1. The number of rotatable bonds is 4. The quantitative estimate of drug-likeness (QED) is 0.668. The van der Waals surface area contributed by atoms with E-state index in [1.54, 1.807) is 4.90 Å². The number of para-hydroxylation sites is 2. The van der Waals surface area contributed by atoms with Gasteiger partial charge in [-0.15, -0.1) is 0 Å². The van der Waals surface area contributed by atoms with E-state index in [1.807, 2.05) is 73.7 Å². The molecular formula is C26H27N3O4. The molecule has 170 valence electrons. The van der Waals surface area contributed by atoms with E-state index in [2.05, 4.69) is 10.2 Å². The summed E-state index contributed by atoms with van der Waals surface area (Å²) in [4.78, 5) is 29.7. The lowest BCUT2D eigenvalue weighted by Crippen LogP contribution is -2.57. The Labute approximate surface area is 192 Å². The Bertz CT molecular complexity index is 1170. The van der Waals surface area contributed by atoms with Gasteiger partial charge in [0.2, 0.25) is 12.0 Å². The van der Waals surface area contributed by atoms with Gasteiger partial charge in [-0.2, -0.15) is 0 Å². The Balaban J connectivity index is 1.15. The predicted octanol–water partition coefficient (Wildman–Crippen LogP) is 3.15. The molecule has 0 bridgehead atoms. The van der Waals surface area contributed by atoms with Gasteiger partial charge < -0.3 is 19.7 Å². The molecule has 1 fully saturated rings. The van der Waals surface area contributed by atoms with Crippen LogP contribution in [0.4, 0.5) is 5.69 Å². The molecule has 2 aliphatic rings. The van der Waals surface area contributed by atoms with Crippen LogP contribution < -0.4 is 14.8 Å². The lowest BCUT2D eigenvalue weighted by atomic mass is 10.1. The van der Waals surface area contributed by atoms with Gasteiger partial charge in [0, 0.05) is 31.9 Å². The van der Waals surface area contributed by atoms with Crippen molar-refractivity contribution in [2.75, 3.05) is 38.1 Å². The number of piperazine rings is 1. The summed E-state index contributed by atoms with van der Waals surface area (Å²) in [5.74, 6) is 1.14. The summed E-state index contributed by atoms with van der Waals surface area (Å²) < 4.78 is 11.5. The van der Waals surface area contributed by atoms with E-state index in [0.717, 1.165) is 16.5 Å². The number of anilines is 1. The van der Waals surface area contributed by atoms with Crippen LogP contribution in [0.2, 0.25) is 0 Å². The standard InChI is InChI=1S/C26H27N3O4/c1-18(25(30)27-21-11-10-19-6-2-3-7-20(19)16-21)28-12-14-29(15-13-28)26(31)24-17-32-22-8-4-5-9-23(22)33-24/h2-11,16,18,24H,12-15,17H2,1H3,(H,27,30)/t18-,24-/m1/s1. The number of benzene rings is 3. The summed E-state index contributed by atoms with van der Waals surface area (Å²) in [5, 5.41) is 5.26. The number of nitrogens with zero attached hydrogens (tertiary/aromatic N) is 2. The second-order valence-electron chi connectivity index (χ2n) is 8.45. The molecule has 33 heavy (non-hydrogen) atoms. The molecule has 0 aromatic heterocycles. The van der Waals surface area contributed by atoms with Gasteiger partial charge in [-0.05, 0) is 42.0 Å². The Morgan fingerprint density at radius 2 is 1.61 bits per heavy atom. The van der Waals surface area contributed by atoms with Gasteiger partial charge in [-0.25, -0.2) is 0 Å². The largest absolute Gasteiger partial charge is 0.485 e. The number of hydrogen-bond acceptors (Lipinski definition) is 5. The SMILES string of the molecule is C[C@H](C(=O)Nc1ccc2ccccc2c1)N1CCN(C(=O)[C@H]2COc3ccccc3O2)CC1. The van der Waals surface area contributed by atoms with Crippen molar-refractivity contribution in [2.24, 2.45) is 0 Å². The molecule has 2 atom stereocenters. The molecule has 2 heterocycles. The highest BCUT2D eigenvalue weighted by molar-refractivity contribution is 5.97. The van der Waals surface area contributed by atoms with Gasteiger partial charge in [-0.3, -0.25) is 14.5 Å². The van der Waals surface area contributed by atoms with E-state index < -0.39 is 6.10 Å². The van der Waals surface area contributed by atoms with Crippen molar-refractivity contribution in [3.8, 4) is 11.5 Å². The second-order valence-corrected chi connectivity index (χ2v) is 8.45. The van der Waals surface area contributed by atoms with Gasteiger partial charge in [0.05, 0.1) is 6.04 Å². The van der Waals surface area contributed by atoms with Crippen LogP contribution in [0.5, 0.6) is 11.5 Å². The summed E-state index contributed by atoms with van der Waals surface area (Å²) in [5.41, 5.74) is 0.786. The first-order valence-electron chi connectivity index (χ1n) is 11.3. The fourth-order valence-electron chi connectivity index (χ4n) is 4.35. The summed E-state index contributed by atoms with van der Waals surface area (Å²) in [6.45, 7) is 4.47. The molecule has 0 spiro atoms. The molecule has 2 amide bonds. The monoisotopic (exact) mass is 445 g/mol. The Morgan fingerprint density at radius 3 is 2.39 bits per heavy atom. The van der Waals surface area contributed by atoms with Gasteiger partial charge in [0.15, 0.2) is 11.5 Å². The number of ether oxygens (including phenoxy) is 2. The average molecular weight is 446 g/mol. The molecule has 2 aliphatic heterocycles. The maximum Gasteiger partial charge on any atom is 0.267 e. The maximum atomic E-state index is 12.9. The molecule has 1 N–H and O–H groups in total. The van der Waals surface area contributed by atoms with Crippen molar-refractivity contribution >= 4 is 28.3 Å². The highest BCUT2D eigenvalue weighted by Crippen LogP contribution is 2.31. The zero-order valence-corrected chi connectivity index (χ0v) is 18.6. The summed E-state index contributed by atoms with van der Waals surface area (Å²) in [6, 6.07) is 21.1. The minimum atomic E-state index is -0.639. The van der Waals surface area contributed by atoms with Crippen LogP contribution in [0.25, 0.3) is 10.8 Å². The lowest BCUT2D eigenvalue weighted by Gasteiger charge is -2.39. The van der Waals surface area contributed by atoms with Crippen molar-refractivity contribution in [3.63, 3.8) is 0 Å². The summed E-state index contributed by atoms with van der Waals surface area (Å²) >= 11 is 0. The number of carbonyl (C=O) groups is 2. The van der Waals surface area contributed by atoms with Crippen LogP contribution in [0, 0.1) is 0 Å². The minimum Gasteiger partial charge on any atom is -0.485 e. The van der Waals surface area contributed by atoms with E-state index in [4.69, 9.17) is 9.47 Å². The molecule has 0 radical (unpaired) electrons. The highest BCUT2D eigenvalue weighted by atomic mass is 16.6. The van der Waals surface area contributed by atoms with Gasteiger partial charge in [0.25, 0.3) is 5.91 Å². The molecular weight excluding hydrogens is 418 g/mol. The summed E-state index contributed by atoms with van der Waals surface area (Å²) in [7, 11) is 0. The van der Waals surface area contributed by atoms with Crippen molar-refractivity contribution in [1.82, 2.24) is 9.80 Å². The van der Waals surface area contributed by atoms with Gasteiger partial charge in [0.1, 0.15) is 6.61 Å². The van der Waals surface area contributed by atoms with Crippen LogP contribution in [0.1, 0.15) is 6.92 Å². The van der Waals surface area contributed by atoms with Gasteiger partial charge in [-0.1, -0.05) is 42.5 Å². The third-order valence-electron chi connectivity index (χ3n) is 6.35. The van der Waals surface area contributed by atoms with Crippen molar-refractivity contribution in [1.29, 1.82) is 0 Å². The number of fused-ring (bicyclic) bond motifs is 2. The van der Waals surface area contributed by atoms with Crippen LogP contribution in [0.3, 0.4) is 0 Å². The number of hydrogen-bond donors (Lipinski definition) is 1. The minimum absolute atomic E-state index is 0.0503. The molecule has 0 unspecified atom stereocenters. The first-order valence-corrected chi connectivity index (χ1v) is 11.3. The smallest absolute Gasteiger partial charge is 0.267 e. The normalized spacial score (nSPS) is 19.2. The Kier molecular flexibility index (Phi) is 5.88. The Morgan fingerprint density at radius 1 is 0.909 bits per heavy atom. The third kappa shape index (κ3) is 4.50. The maximum absolute atomic E-state index is 12.9. The van der Waals surface area contributed by atoms with E-state index in [0.29, 0.717) is 37.7 Å². The van der Waals surface area contributed by atoms with Crippen molar-refractivity contribution < 1.29 is 19.1 Å². The highest BCUT2D eigenvalue weighted by Gasteiger charge is 2.34. The van der Waals surface area contributed by atoms with Crippen molar-refractivity contribution in [3.05, 3.63) is 66.7 Å². The molecule has 7 nitrogen and oxygen atoms in total. The molecule has 0 saturated carbocycles. The van der Waals surface area contributed by atoms with E-state index in [9.17, 15) is 9.59 Å². The zero-order chi connectivity index (χ0) is 22.8. The second kappa shape index (κ2) is 9.11. The molecule has 7 heteroatoms. The average Bonchev–Trinajstić information content (AvgIpc) is 2.87. The van der Waals surface area contributed by atoms with Crippen LogP contribution in [0.15, 0.2) is 66.7 Å². The fraction of sp³-hybridized carbons (Fsp3) is 0.308. The number of carbonyl (C=O) groups excluding carboxylic acids is 2. The van der Waals surface area contributed by atoms with Crippen LogP contribution in [-0.4, -0.2) is 66.5 Å². The molecule has 3 aromatic carbocycles. The summed E-state index contributed by atoms with van der Waals surface area (Å²) in [6.07, 6.45) is -0.639. The molecule has 0 aliphatic carbocycles. The predicted molar refractivity (Wildman–Crippen MR) is 127 cm³/mol.